The molecule has 0 spiro atoms. The molecule has 0 bridgehead atoms. The second kappa shape index (κ2) is 5.43. The largest absolute Gasteiger partial charge is 0.478 e. The first-order valence-electron chi connectivity index (χ1n) is 6.67. The fourth-order valence-corrected chi connectivity index (χ4v) is 2.61. The maximum Gasteiger partial charge on any atom is 0.337 e. The van der Waals surface area contributed by atoms with Crippen LogP contribution in [0.3, 0.4) is 0 Å². The summed E-state index contributed by atoms with van der Waals surface area (Å²) in [5.74, 6) is -1.09. The lowest BCUT2D eigenvalue weighted by atomic mass is 9.75. The minimum Gasteiger partial charge on any atom is -0.478 e. The van der Waals surface area contributed by atoms with E-state index in [1.807, 2.05) is 6.92 Å². The number of carboxylic acid groups (broad SMARTS) is 1. The number of carbonyl (C=O) groups is 2. The number of carbonyl (C=O) groups excluding carboxylic acids is 1. The van der Waals surface area contributed by atoms with Gasteiger partial charge in [0, 0.05) is 5.41 Å². The Balaban J connectivity index is 2.17. The highest BCUT2D eigenvalue weighted by Crippen LogP contribution is 2.37. The zero-order chi connectivity index (χ0) is 13.9. The molecule has 2 N–H and O–H groups in total. The van der Waals surface area contributed by atoms with Crippen molar-refractivity contribution in [3.8, 4) is 0 Å². The molecule has 1 amide bonds. The van der Waals surface area contributed by atoms with Gasteiger partial charge in [-0.15, -0.1) is 0 Å². The molecule has 0 heterocycles. The smallest absolute Gasteiger partial charge is 0.337 e. The van der Waals surface area contributed by atoms with Crippen LogP contribution in [0.2, 0.25) is 0 Å². The zero-order valence-electron chi connectivity index (χ0n) is 11.1. The standard InChI is InChI=1S/C15H19NO3/c1-15(9-5-2-6-10-15)14(19)16-12-8-4-3-7-11(12)13(17)18/h3-4,7-8H,2,5-6,9-10H2,1H3,(H,16,19)(H,17,18). The molecule has 19 heavy (non-hydrogen) atoms. The van der Waals surface area contributed by atoms with Gasteiger partial charge in [0.2, 0.25) is 5.91 Å². The Morgan fingerprint density at radius 1 is 1.16 bits per heavy atom. The third-order valence-corrected chi connectivity index (χ3v) is 3.91. The molecule has 0 saturated heterocycles. The molecule has 2 rings (SSSR count). The third-order valence-electron chi connectivity index (χ3n) is 3.91. The minimum absolute atomic E-state index is 0.0686. The molecule has 4 heteroatoms. The fraction of sp³-hybridized carbons (Fsp3) is 0.467. The molecular weight excluding hydrogens is 242 g/mol. The average molecular weight is 261 g/mol. The Kier molecular flexibility index (Phi) is 3.88. The van der Waals surface area contributed by atoms with Gasteiger partial charge in [-0.1, -0.05) is 38.3 Å². The Morgan fingerprint density at radius 2 is 1.79 bits per heavy atom. The molecule has 0 aliphatic heterocycles. The number of nitrogens with one attached hydrogen (secondary N) is 1. The first-order chi connectivity index (χ1) is 9.03. The van der Waals surface area contributed by atoms with Crippen LogP contribution in [0.15, 0.2) is 24.3 Å². The highest BCUT2D eigenvalue weighted by Gasteiger charge is 2.34. The van der Waals surface area contributed by atoms with E-state index in [1.54, 1.807) is 18.2 Å². The van der Waals surface area contributed by atoms with Crippen molar-refractivity contribution in [1.29, 1.82) is 0 Å². The number of para-hydroxylation sites is 1. The van der Waals surface area contributed by atoms with E-state index in [9.17, 15) is 9.59 Å². The monoisotopic (exact) mass is 261 g/mol. The van der Waals surface area contributed by atoms with E-state index in [0.717, 1.165) is 25.7 Å². The van der Waals surface area contributed by atoms with E-state index < -0.39 is 5.97 Å². The number of carboxylic acids is 1. The van der Waals surface area contributed by atoms with Crippen molar-refractivity contribution in [2.75, 3.05) is 5.32 Å². The quantitative estimate of drug-likeness (QED) is 0.877. The van der Waals surface area contributed by atoms with Crippen LogP contribution in [-0.4, -0.2) is 17.0 Å². The van der Waals surface area contributed by atoms with E-state index in [-0.39, 0.29) is 16.9 Å². The van der Waals surface area contributed by atoms with E-state index >= 15 is 0 Å². The second-order valence-corrected chi connectivity index (χ2v) is 5.43. The first-order valence-corrected chi connectivity index (χ1v) is 6.67. The van der Waals surface area contributed by atoms with Crippen LogP contribution < -0.4 is 5.32 Å². The number of benzene rings is 1. The van der Waals surface area contributed by atoms with Crippen molar-refractivity contribution >= 4 is 17.6 Å². The Hall–Kier alpha value is -1.84. The number of amides is 1. The molecular formula is C15H19NO3. The molecule has 0 atom stereocenters. The zero-order valence-corrected chi connectivity index (χ0v) is 11.1. The molecule has 0 unspecified atom stereocenters. The Labute approximate surface area is 112 Å². The van der Waals surface area contributed by atoms with Gasteiger partial charge in [0.05, 0.1) is 11.3 Å². The topological polar surface area (TPSA) is 66.4 Å². The van der Waals surface area contributed by atoms with E-state index in [1.165, 1.54) is 12.5 Å². The number of aromatic carboxylic acids is 1. The van der Waals surface area contributed by atoms with Crippen LogP contribution in [-0.2, 0) is 4.79 Å². The van der Waals surface area contributed by atoms with Crippen LogP contribution in [0.4, 0.5) is 5.69 Å². The van der Waals surface area contributed by atoms with Crippen LogP contribution in [0.1, 0.15) is 49.4 Å². The predicted molar refractivity (Wildman–Crippen MR) is 73.2 cm³/mol. The molecule has 1 aliphatic carbocycles. The Morgan fingerprint density at radius 3 is 2.42 bits per heavy atom. The number of anilines is 1. The van der Waals surface area contributed by atoms with Gasteiger partial charge in [0.15, 0.2) is 0 Å². The minimum atomic E-state index is -1.02. The van der Waals surface area contributed by atoms with Gasteiger partial charge >= 0.3 is 5.97 Å². The summed E-state index contributed by atoms with van der Waals surface area (Å²) in [6.07, 6.45) is 5.03. The van der Waals surface area contributed by atoms with Crippen molar-refractivity contribution in [2.45, 2.75) is 39.0 Å². The third kappa shape index (κ3) is 2.95. The fourth-order valence-electron chi connectivity index (χ4n) is 2.61. The summed E-state index contributed by atoms with van der Waals surface area (Å²) in [7, 11) is 0. The summed E-state index contributed by atoms with van der Waals surface area (Å²) >= 11 is 0. The summed E-state index contributed by atoms with van der Waals surface area (Å²) in [5.41, 5.74) is 0.145. The van der Waals surface area contributed by atoms with Crippen molar-refractivity contribution in [3.63, 3.8) is 0 Å². The molecule has 1 aromatic carbocycles. The first kappa shape index (κ1) is 13.6. The Bertz CT molecular complexity index is 490. The highest BCUT2D eigenvalue weighted by molar-refractivity contribution is 6.02. The molecule has 0 aromatic heterocycles. The van der Waals surface area contributed by atoms with Gasteiger partial charge in [-0.2, -0.15) is 0 Å². The summed E-state index contributed by atoms with van der Waals surface area (Å²) in [6.45, 7) is 1.96. The lowest BCUT2D eigenvalue weighted by molar-refractivity contribution is -0.126. The second-order valence-electron chi connectivity index (χ2n) is 5.43. The number of hydrogen-bond donors (Lipinski definition) is 2. The van der Waals surface area contributed by atoms with Crippen molar-refractivity contribution in [3.05, 3.63) is 29.8 Å². The lowest BCUT2D eigenvalue weighted by Gasteiger charge is -2.32. The normalized spacial score (nSPS) is 17.7. The molecule has 1 fully saturated rings. The molecule has 102 valence electrons. The number of rotatable bonds is 3. The van der Waals surface area contributed by atoms with Gasteiger partial charge in [0.1, 0.15) is 0 Å². The predicted octanol–water partition coefficient (Wildman–Crippen LogP) is 3.29. The summed E-state index contributed by atoms with van der Waals surface area (Å²) < 4.78 is 0. The van der Waals surface area contributed by atoms with E-state index in [4.69, 9.17) is 5.11 Å². The lowest BCUT2D eigenvalue weighted by Crippen LogP contribution is -2.35. The summed E-state index contributed by atoms with van der Waals surface area (Å²) in [6, 6.07) is 6.52. The maximum atomic E-state index is 12.4. The van der Waals surface area contributed by atoms with Gasteiger partial charge < -0.3 is 10.4 Å². The van der Waals surface area contributed by atoms with E-state index in [2.05, 4.69) is 5.32 Å². The van der Waals surface area contributed by atoms with Gasteiger partial charge in [-0.3, -0.25) is 4.79 Å². The van der Waals surface area contributed by atoms with Crippen LogP contribution >= 0.6 is 0 Å². The van der Waals surface area contributed by atoms with Crippen LogP contribution in [0.25, 0.3) is 0 Å². The van der Waals surface area contributed by atoms with Crippen molar-refractivity contribution < 1.29 is 14.7 Å². The SMILES string of the molecule is CC1(C(=O)Nc2ccccc2C(=O)O)CCCCC1. The summed E-state index contributed by atoms with van der Waals surface area (Å²) in [5, 5.41) is 11.9. The maximum absolute atomic E-state index is 12.4. The van der Waals surface area contributed by atoms with Gasteiger partial charge in [-0.05, 0) is 25.0 Å². The molecule has 0 radical (unpaired) electrons. The van der Waals surface area contributed by atoms with E-state index in [0.29, 0.717) is 5.69 Å². The molecule has 1 aliphatic rings. The molecule has 4 nitrogen and oxygen atoms in total. The van der Waals surface area contributed by atoms with Gasteiger partial charge in [0.25, 0.3) is 0 Å². The summed E-state index contributed by atoms with van der Waals surface area (Å²) in [4.78, 5) is 23.5. The van der Waals surface area contributed by atoms with Crippen LogP contribution in [0, 0.1) is 5.41 Å². The van der Waals surface area contributed by atoms with Crippen LogP contribution in [0.5, 0.6) is 0 Å². The van der Waals surface area contributed by atoms with Crippen molar-refractivity contribution in [1.82, 2.24) is 0 Å². The molecule has 1 saturated carbocycles. The average Bonchev–Trinajstić information content (AvgIpc) is 2.40. The van der Waals surface area contributed by atoms with Crippen molar-refractivity contribution in [2.24, 2.45) is 5.41 Å². The highest BCUT2D eigenvalue weighted by atomic mass is 16.4. The molecule has 1 aromatic rings. The number of hydrogen-bond acceptors (Lipinski definition) is 2. The van der Waals surface area contributed by atoms with Gasteiger partial charge in [-0.25, -0.2) is 4.79 Å².